The molecule has 0 amide bonds. The predicted octanol–water partition coefficient (Wildman–Crippen LogP) is 3.28. The maximum absolute atomic E-state index is 11.8. The van der Waals surface area contributed by atoms with Crippen molar-refractivity contribution in [2.45, 2.75) is 38.3 Å². The number of carbonyl (C=O) groups excluding carboxylic acids is 1. The minimum absolute atomic E-state index is 0.0998. The van der Waals surface area contributed by atoms with Gasteiger partial charge in [0.15, 0.2) is 0 Å². The largest absolute Gasteiger partial charge is 0.298 e. The molecule has 0 saturated heterocycles. The molecule has 0 radical (unpaired) electrons. The smallest absolute Gasteiger partial charge is 0.149 e. The fourth-order valence-corrected chi connectivity index (χ4v) is 2.68. The lowest BCUT2D eigenvalue weighted by Crippen LogP contribution is -2.39. The standard InChI is InChI=1S/C14H18ClNO/c1-16(13-7-2-3-8-14(13)17)10-11-5-4-6-12(15)9-11/h4-6,9,13H,2-3,7-8,10H2,1H3. The number of rotatable bonds is 3. The molecule has 2 nitrogen and oxygen atoms in total. The van der Waals surface area contributed by atoms with E-state index in [9.17, 15) is 4.79 Å². The number of benzene rings is 1. The van der Waals surface area contributed by atoms with E-state index in [2.05, 4.69) is 11.0 Å². The van der Waals surface area contributed by atoms with Crippen molar-refractivity contribution in [3.8, 4) is 0 Å². The van der Waals surface area contributed by atoms with Crippen molar-refractivity contribution >= 4 is 17.4 Å². The molecule has 2 rings (SSSR count). The van der Waals surface area contributed by atoms with Crippen molar-refractivity contribution < 1.29 is 4.79 Å². The molecule has 0 heterocycles. The van der Waals surface area contributed by atoms with Gasteiger partial charge in [0.25, 0.3) is 0 Å². The zero-order chi connectivity index (χ0) is 12.3. The highest BCUT2D eigenvalue weighted by Crippen LogP contribution is 2.21. The third-order valence-corrected chi connectivity index (χ3v) is 3.61. The molecule has 17 heavy (non-hydrogen) atoms. The van der Waals surface area contributed by atoms with Crippen LogP contribution in [-0.2, 0) is 11.3 Å². The Hall–Kier alpha value is -0.860. The molecule has 0 spiro atoms. The van der Waals surface area contributed by atoms with Crippen LogP contribution in [0, 0.1) is 0 Å². The van der Waals surface area contributed by atoms with Crippen LogP contribution in [0.2, 0.25) is 5.02 Å². The zero-order valence-electron chi connectivity index (χ0n) is 10.2. The first kappa shape index (κ1) is 12.6. The van der Waals surface area contributed by atoms with E-state index < -0.39 is 0 Å². The van der Waals surface area contributed by atoms with E-state index in [4.69, 9.17) is 11.6 Å². The average Bonchev–Trinajstić information content (AvgIpc) is 2.29. The molecule has 0 aliphatic heterocycles. The minimum atomic E-state index is 0.0998. The van der Waals surface area contributed by atoms with Crippen molar-refractivity contribution in [1.29, 1.82) is 0 Å². The number of ketones is 1. The van der Waals surface area contributed by atoms with Crippen molar-refractivity contribution in [2.24, 2.45) is 0 Å². The van der Waals surface area contributed by atoms with Gasteiger partial charge in [0.05, 0.1) is 6.04 Å². The molecular formula is C14H18ClNO. The lowest BCUT2D eigenvalue weighted by Gasteiger charge is -2.29. The molecule has 0 aromatic heterocycles. The summed E-state index contributed by atoms with van der Waals surface area (Å²) in [6.45, 7) is 0.789. The number of likely N-dealkylation sites (N-methyl/N-ethyl adjacent to an activating group) is 1. The monoisotopic (exact) mass is 251 g/mol. The van der Waals surface area contributed by atoms with Crippen LogP contribution in [-0.4, -0.2) is 23.8 Å². The maximum Gasteiger partial charge on any atom is 0.149 e. The second kappa shape index (κ2) is 5.65. The van der Waals surface area contributed by atoms with Gasteiger partial charge in [-0.2, -0.15) is 0 Å². The second-order valence-electron chi connectivity index (χ2n) is 4.77. The summed E-state index contributed by atoms with van der Waals surface area (Å²) in [6.07, 6.45) is 3.96. The van der Waals surface area contributed by atoms with Crippen LogP contribution in [0.1, 0.15) is 31.2 Å². The number of halogens is 1. The first-order valence-corrected chi connectivity index (χ1v) is 6.52. The molecule has 1 atom stereocenters. The van der Waals surface area contributed by atoms with Crippen LogP contribution in [0.5, 0.6) is 0 Å². The number of Topliss-reactive ketones (excluding diaryl/α,β-unsaturated/α-hetero) is 1. The summed E-state index contributed by atoms with van der Waals surface area (Å²) in [7, 11) is 2.02. The van der Waals surface area contributed by atoms with Crippen LogP contribution < -0.4 is 0 Å². The first-order chi connectivity index (χ1) is 8.16. The van der Waals surface area contributed by atoms with Crippen LogP contribution in [0.3, 0.4) is 0 Å². The number of hydrogen-bond donors (Lipinski definition) is 0. The molecule has 1 unspecified atom stereocenters. The fraction of sp³-hybridized carbons (Fsp3) is 0.500. The molecule has 92 valence electrons. The Labute approximate surface area is 108 Å². The van der Waals surface area contributed by atoms with Gasteiger partial charge in [-0.15, -0.1) is 0 Å². The Morgan fingerprint density at radius 2 is 2.24 bits per heavy atom. The van der Waals surface area contributed by atoms with Crippen molar-refractivity contribution in [3.63, 3.8) is 0 Å². The SMILES string of the molecule is CN(Cc1cccc(Cl)c1)C1CCCCC1=O. The van der Waals surface area contributed by atoms with E-state index in [0.29, 0.717) is 5.78 Å². The number of hydrogen-bond acceptors (Lipinski definition) is 2. The van der Waals surface area contributed by atoms with E-state index in [1.807, 2.05) is 25.2 Å². The Balaban J connectivity index is 2.00. The zero-order valence-corrected chi connectivity index (χ0v) is 10.9. The van der Waals surface area contributed by atoms with Gasteiger partial charge in [-0.1, -0.05) is 30.2 Å². The van der Waals surface area contributed by atoms with E-state index in [1.165, 1.54) is 5.56 Å². The molecule has 1 fully saturated rings. The van der Waals surface area contributed by atoms with Gasteiger partial charge in [0.2, 0.25) is 0 Å². The molecule has 1 aliphatic carbocycles. The van der Waals surface area contributed by atoms with Gasteiger partial charge < -0.3 is 0 Å². The average molecular weight is 252 g/mol. The van der Waals surface area contributed by atoms with Crippen molar-refractivity contribution in [3.05, 3.63) is 34.9 Å². The molecule has 1 aromatic rings. The van der Waals surface area contributed by atoms with Crippen molar-refractivity contribution in [1.82, 2.24) is 4.90 Å². The van der Waals surface area contributed by atoms with Crippen LogP contribution in [0.4, 0.5) is 0 Å². The summed E-state index contributed by atoms with van der Waals surface area (Å²) in [4.78, 5) is 14.0. The molecule has 0 N–H and O–H groups in total. The third kappa shape index (κ3) is 3.30. The van der Waals surface area contributed by atoms with Gasteiger partial charge in [0.1, 0.15) is 5.78 Å². The predicted molar refractivity (Wildman–Crippen MR) is 70.2 cm³/mol. The van der Waals surface area contributed by atoms with Gasteiger partial charge in [-0.05, 0) is 37.6 Å². The Bertz CT molecular complexity index is 405. The molecule has 1 aliphatic rings. The number of carbonyl (C=O) groups is 1. The fourth-order valence-electron chi connectivity index (χ4n) is 2.46. The van der Waals surface area contributed by atoms with Gasteiger partial charge in [-0.25, -0.2) is 0 Å². The summed E-state index contributed by atoms with van der Waals surface area (Å²) >= 11 is 5.96. The summed E-state index contributed by atoms with van der Waals surface area (Å²) in [5, 5.41) is 0.755. The van der Waals surface area contributed by atoms with Gasteiger partial charge >= 0.3 is 0 Å². The Morgan fingerprint density at radius 3 is 2.94 bits per heavy atom. The molecule has 1 aromatic carbocycles. The molecular weight excluding hydrogens is 234 g/mol. The minimum Gasteiger partial charge on any atom is -0.298 e. The van der Waals surface area contributed by atoms with E-state index >= 15 is 0 Å². The molecule has 0 bridgehead atoms. The Kier molecular flexibility index (Phi) is 4.19. The topological polar surface area (TPSA) is 20.3 Å². The van der Waals surface area contributed by atoms with E-state index in [1.54, 1.807) is 0 Å². The molecule has 3 heteroatoms. The van der Waals surface area contributed by atoms with Crippen LogP contribution >= 0.6 is 11.6 Å². The third-order valence-electron chi connectivity index (χ3n) is 3.38. The van der Waals surface area contributed by atoms with Crippen LogP contribution in [0.15, 0.2) is 24.3 Å². The summed E-state index contributed by atoms with van der Waals surface area (Å²) < 4.78 is 0. The normalized spacial score (nSPS) is 20.9. The lowest BCUT2D eigenvalue weighted by atomic mass is 9.93. The highest BCUT2D eigenvalue weighted by Gasteiger charge is 2.25. The highest BCUT2D eigenvalue weighted by atomic mass is 35.5. The Morgan fingerprint density at radius 1 is 1.41 bits per heavy atom. The number of nitrogens with zero attached hydrogens (tertiary/aromatic N) is 1. The van der Waals surface area contributed by atoms with Gasteiger partial charge in [0, 0.05) is 18.0 Å². The quantitative estimate of drug-likeness (QED) is 0.822. The highest BCUT2D eigenvalue weighted by molar-refractivity contribution is 6.30. The van der Waals surface area contributed by atoms with E-state index in [-0.39, 0.29) is 6.04 Å². The summed E-state index contributed by atoms with van der Waals surface area (Å²) in [5.41, 5.74) is 1.17. The van der Waals surface area contributed by atoms with Gasteiger partial charge in [-0.3, -0.25) is 9.69 Å². The lowest BCUT2D eigenvalue weighted by molar-refractivity contribution is -0.125. The summed E-state index contributed by atoms with van der Waals surface area (Å²) in [6, 6.07) is 7.94. The van der Waals surface area contributed by atoms with Crippen molar-refractivity contribution in [2.75, 3.05) is 7.05 Å². The van der Waals surface area contributed by atoms with Crippen LogP contribution in [0.25, 0.3) is 0 Å². The first-order valence-electron chi connectivity index (χ1n) is 6.14. The summed E-state index contributed by atoms with van der Waals surface area (Å²) in [5.74, 6) is 0.390. The second-order valence-corrected chi connectivity index (χ2v) is 5.21. The maximum atomic E-state index is 11.8. The molecule has 1 saturated carbocycles. The van der Waals surface area contributed by atoms with E-state index in [0.717, 1.165) is 37.3 Å².